The molecule has 0 unspecified atom stereocenters. The smallest absolute Gasteiger partial charge is 0.335 e. The Kier molecular flexibility index (Phi) is 8.21. The van der Waals surface area contributed by atoms with Crippen molar-refractivity contribution in [2.75, 3.05) is 13.7 Å². The van der Waals surface area contributed by atoms with Crippen LogP contribution in [0, 0.1) is 30.2 Å². The van der Waals surface area contributed by atoms with E-state index in [0.717, 1.165) is 23.8 Å². The number of fused-ring (bicyclic) bond motifs is 1. The zero-order valence-electron chi connectivity index (χ0n) is 22.6. The first kappa shape index (κ1) is 28.7. The molecule has 2 heterocycles. The van der Waals surface area contributed by atoms with Gasteiger partial charge in [0.2, 0.25) is 5.88 Å². The van der Waals surface area contributed by atoms with Crippen molar-refractivity contribution in [1.82, 2.24) is 14.5 Å². The van der Waals surface area contributed by atoms with Gasteiger partial charge in [0.1, 0.15) is 41.4 Å². The van der Waals surface area contributed by atoms with Gasteiger partial charge in [-0.2, -0.15) is 0 Å². The van der Waals surface area contributed by atoms with Gasteiger partial charge in [0.05, 0.1) is 23.2 Å². The second-order valence-corrected chi connectivity index (χ2v) is 9.64. The minimum atomic E-state index is -1.11. The number of hydrogen-bond donors (Lipinski definition) is 1. The molecule has 0 saturated heterocycles. The molecule has 216 valence electrons. The summed E-state index contributed by atoms with van der Waals surface area (Å²) in [5.74, 6) is -3.96. The molecule has 0 aliphatic heterocycles. The molecule has 5 rings (SSSR count). The van der Waals surface area contributed by atoms with E-state index >= 15 is 8.78 Å². The number of methoxy groups -OCH3 is 1. The largest absolute Gasteiger partial charge is 0.478 e. The first-order chi connectivity index (χ1) is 20.1. The number of aromatic nitrogens is 3. The van der Waals surface area contributed by atoms with Crippen LogP contribution in [0.4, 0.5) is 17.6 Å². The minimum absolute atomic E-state index is 0.0497. The third-order valence-corrected chi connectivity index (χ3v) is 6.74. The van der Waals surface area contributed by atoms with Crippen molar-refractivity contribution in [2.45, 2.75) is 26.5 Å². The number of carbonyl (C=O) groups is 1. The molecule has 0 spiro atoms. The number of aromatic carboxylic acids is 1. The molecule has 0 bridgehead atoms. The van der Waals surface area contributed by atoms with Crippen molar-refractivity contribution in [3.63, 3.8) is 0 Å². The summed E-state index contributed by atoms with van der Waals surface area (Å²) in [5.41, 5.74) is 1.10. The van der Waals surface area contributed by atoms with Crippen molar-refractivity contribution in [3.8, 4) is 17.1 Å². The molecule has 0 aliphatic carbocycles. The van der Waals surface area contributed by atoms with E-state index in [4.69, 9.17) is 9.47 Å². The van der Waals surface area contributed by atoms with E-state index in [0.29, 0.717) is 23.4 Å². The lowest BCUT2D eigenvalue weighted by atomic mass is 10.0. The van der Waals surface area contributed by atoms with Crippen LogP contribution in [0.3, 0.4) is 0 Å². The van der Waals surface area contributed by atoms with E-state index in [1.54, 1.807) is 29.7 Å². The van der Waals surface area contributed by atoms with E-state index in [-0.39, 0.29) is 42.2 Å². The molecular formula is C31H25F4N3O4. The second-order valence-electron chi connectivity index (χ2n) is 9.64. The van der Waals surface area contributed by atoms with E-state index in [1.807, 2.05) is 0 Å². The van der Waals surface area contributed by atoms with Crippen molar-refractivity contribution in [3.05, 3.63) is 112 Å². The summed E-state index contributed by atoms with van der Waals surface area (Å²) < 4.78 is 72.0. The number of aryl methyl sites for hydroxylation is 1. The molecule has 0 fully saturated rings. The molecule has 1 N–H and O–H groups in total. The van der Waals surface area contributed by atoms with E-state index in [2.05, 4.69) is 9.97 Å². The fourth-order valence-electron chi connectivity index (χ4n) is 4.56. The number of imidazole rings is 1. The van der Waals surface area contributed by atoms with E-state index in [1.165, 1.54) is 31.4 Å². The fraction of sp³-hybridized carbons (Fsp3) is 0.194. The fourth-order valence-corrected chi connectivity index (χ4v) is 4.56. The summed E-state index contributed by atoms with van der Waals surface area (Å²) in [6.07, 6.45) is -0.134. The maximum Gasteiger partial charge on any atom is 0.335 e. The number of carboxylic acid groups (broad SMARTS) is 1. The standard InChI is InChI=1S/C31H25F4N3O4/c1-17-3-4-19(23(33)11-17)16-42-29-8-6-22(32)30(37-29)21-15-24(34)20(12-25(21)35)14-28-36-26-7-5-18(31(39)40)13-27(26)38(28)9-10-41-2/h3-8,11-13,15H,9-10,14,16H2,1-2H3,(H,39,40). The van der Waals surface area contributed by atoms with E-state index in [9.17, 15) is 18.7 Å². The number of rotatable bonds is 10. The molecule has 42 heavy (non-hydrogen) atoms. The van der Waals surface area contributed by atoms with Crippen molar-refractivity contribution in [1.29, 1.82) is 0 Å². The van der Waals surface area contributed by atoms with Gasteiger partial charge in [-0.1, -0.05) is 12.1 Å². The Morgan fingerprint density at radius 3 is 2.40 bits per heavy atom. The highest BCUT2D eigenvalue weighted by Gasteiger charge is 2.20. The van der Waals surface area contributed by atoms with Crippen molar-refractivity contribution < 1.29 is 36.9 Å². The normalized spacial score (nSPS) is 11.3. The maximum atomic E-state index is 15.4. The average molecular weight is 580 g/mol. The average Bonchev–Trinajstić information content (AvgIpc) is 3.30. The molecular weight excluding hydrogens is 554 g/mol. The van der Waals surface area contributed by atoms with Gasteiger partial charge in [-0.25, -0.2) is 32.3 Å². The maximum absolute atomic E-state index is 15.4. The Morgan fingerprint density at radius 1 is 0.881 bits per heavy atom. The van der Waals surface area contributed by atoms with Crippen LogP contribution in [0.25, 0.3) is 22.3 Å². The lowest BCUT2D eigenvalue weighted by Crippen LogP contribution is -2.10. The molecule has 0 amide bonds. The lowest BCUT2D eigenvalue weighted by molar-refractivity contribution is 0.0697. The van der Waals surface area contributed by atoms with Crippen molar-refractivity contribution in [2.24, 2.45) is 0 Å². The van der Waals surface area contributed by atoms with Crippen LogP contribution in [0.2, 0.25) is 0 Å². The molecule has 0 saturated carbocycles. The highest BCUT2D eigenvalue weighted by atomic mass is 19.1. The molecule has 7 nitrogen and oxygen atoms in total. The number of carboxylic acids is 1. The van der Waals surface area contributed by atoms with Gasteiger partial charge in [0.25, 0.3) is 0 Å². The van der Waals surface area contributed by atoms with Gasteiger partial charge in [-0.05, 0) is 60.5 Å². The zero-order chi connectivity index (χ0) is 30.0. The number of pyridine rings is 1. The predicted molar refractivity (Wildman–Crippen MR) is 146 cm³/mol. The Bertz CT molecular complexity index is 1810. The van der Waals surface area contributed by atoms with Gasteiger partial charge in [0.15, 0.2) is 0 Å². The van der Waals surface area contributed by atoms with Crippen LogP contribution >= 0.6 is 0 Å². The topological polar surface area (TPSA) is 86.5 Å². The van der Waals surface area contributed by atoms with Crippen LogP contribution in [-0.4, -0.2) is 39.3 Å². The third-order valence-electron chi connectivity index (χ3n) is 6.74. The third kappa shape index (κ3) is 5.96. The number of halogens is 4. The molecule has 2 aromatic heterocycles. The summed E-state index contributed by atoms with van der Waals surface area (Å²) in [5, 5.41) is 9.38. The van der Waals surface area contributed by atoms with Crippen molar-refractivity contribution >= 4 is 17.0 Å². The minimum Gasteiger partial charge on any atom is -0.478 e. The quantitative estimate of drug-likeness (QED) is 0.191. The molecule has 5 aromatic rings. The van der Waals surface area contributed by atoms with Crippen LogP contribution in [0.5, 0.6) is 5.88 Å². The molecule has 11 heteroatoms. The molecule has 0 atom stereocenters. The molecule has 0 aliphatic rings. The predicted octanol–water partition coefficient (Wildman–Crippen LogP) is 6.48. The Balaban J connectivity index is 1.44. The Hall–Kier alpha value is -4.77. The highest BCUT2D eigenvalue weighted by molar-refractivity contribution is 5.92. The summed E-state index contributed by atoms with van der Waals surface area (Å²) in [6, 6.07) is 13.1. The Morgan fingerprint density at radius 2 is 1.67 bits per heavy atom. The summed E-state index contributed by atoms with van der Waals surface area (Å²) in [6.45, 7) is 2.11. The molecule has 3 aromatic carbocycles. The first-order valence-electron chi connectivity index (χ1n) is 12.9. The monoisotopic (exact) mass is 579 g/mol. The molecule has 0 radical (unpaired) electrons. The van der Waals surface area contributed by atoms with Gasteiger partial charge in [-0.3, -0.25) is 0 Å². The second kappa shape index (κ2) is 12.0. The van der Waals surface area contributed by atoms with Crippen LogP contribution in [0.15, 0.2) is 60.7 Å². The number of ether oxygens (including phenoxy) is 2. The number of benzene rings is 3. The highest BCUT2D eigenvalue weighted by Crippen LogP contribution is 2.30. The zero-order valence-corrected chi connectivity index (χ0v) is 22.6. The SMILES string of the molecule is COCCn1c(Cc2cc(F)c(-c3nc(OCc4ccc(C)cc4F)ccc3F)cc2F)nc2ccc(C(=O)O)cc21. The van der Waals surface area contributed by atoms with Gasteiger partial charge in [0, 0.05) is 37.3 Å². The summed E-state index contributed by atoms with van der Waals surface area (Å²) >= 11 is 0. The first-order valence-corrected chi connectivity index (χ1v) is 12.9. The summed E-state index contributed by atoms with van der Waals surface area (Å²) in [7, 11) is 1.50. The summed E-state index contributed by atoms with van der Waals surface area (Å²) in [4.78, 5) is 20.0. The van der Waals surface area contributed by atoms with Crippen LogP contribution < -0.4 is 4.74 Å². The number of hydrogen-bond acceptors (Lipinski definition) is 5. The lowest BCUT2D eigenvalue weighted by Gasteiger charge is -2.12. The van der Waals surface area contributed by atoms with Gasteiger partial charge in [-0.15, -0.1) is 0 Å². The van der Waals surface area contributed by atoms with Crippen LogP contribution in [0.1, 0.15) is 32.9 Å². The van der Waals surface area contributed by atoms with Gasteiger partial charge < -0.3 is 19.1 Å². The van der Waals surface area contributed by atoms with E-state index < -0.39 is 40.5 Å². The van der Waals surface area contributed by atoms with Crippen LogP contribution in [-0.2, 0) is 24.3 Å². The Labute approximate surface area is 238 Å². The number of nitrogens with zero attached hydrogens (tertiary/aromatic N) is 3. The van der Waals surface area contributed by atoms with Gasteiger partial charge >= 0.3 is 5.97 Å².